The quantitative estimate of drug-likeness (QED) is 0.810. The summed E-state index contributed by atoms with van der Waals surface area (Å²) in [7, 11) is 0. The van der Waals surface area contributed by atoms with Gasteiger partial charge in [-0.05, 0) is 24.0 Å². The molecule has 0 aliphatic carbocycles. The van der Waals surface area contributed by atoms with Gasteiger partial charge >= 0.3 is 0 Å². The Hall–Kier alpha value is -2.30. The van der Waals surface area contributed by atoms with Gasteiger partial charge in [0, 0.05) is 23.5 Å². The third-order valence-corrected chi connectivity index (χ3v) is 4.08. The molecular weight excluding hydrogens is 280 g/mol. The summed E-state index contributed by atoms with van der Waals surface area (Å²) in [6.45, 7) is 3.68. The number of hydrogen-bond donors (Lipinski definition) is 2. The van der Waals surface area contributed by atoms with Gasteiger partial charge < -0.3 is 20.2 Å². The topological polar surface area (TPSA) is 85.0 Å². The minimum atomic E-state index is -1.23. The molecule has 0 fully saturated rings. The lowest BCUT2D eigenvalue weighted by Gasteiger charge is -2.25. The number of carbonyl (C=O) groups is 2. The number of nitrogens with one attached hydrogen (secondary N) is 2. The fraction of sp³-hybridized carbons (Fsp3) is 0.412. The SMILES string of the molecule is CC[C@H](C)[C@@H](NC(=O)CCc1c[nH]c2ccccc12)C(=O)[O-]. The Bertz CT molecular complexity index is 663. The van der Waals surface area contributed by atoms with Crippen molar-refractivity contribution in [1.82, 2.24) is 10.3 Å². The van der Waals surface area contributed by atoms with Crippen LogP contribution in [-0.2, 0) is 16.0 Å². The highest BCUT2D eigenvalue weighted by Crippen LogP contribution is 2.19. The number of aliphatic carboxylic acids is 1. The van der Waals surface area contributed by atoms with E-state index in [1.54, 1.807) is 6.92 Å². The summed E-state index contributed by atoms with van der Waals surface area (Å²) in [5.74, 6) is -1.64. The van der Waals surface area contributed by atoms with E-state index < -0.39 is 12.0 Å². The summed E-state index contributed by atoms with van der Waals surface area (Å²) in [5.41, 5.74) is 2.09. The fourth-order valence-corrected chi connectivity index (χ4v) is 2.50. The van der Waals surface area contributed by atoms with Crippen LogP contribution in [0.25, 0.3) is 10.9 Å². The first-order valence-electron chi connectivity index (χ1n) is 7.58. The van der Waals surface area contributed by atoms with Crippen molar-refractivity contribution in [3.8, 4) is 0 Å². The number of aryl methyl sites for hydroxylation is 1. The van der Waals surface area contributed by atoms with Gasteiger partial charge in [-0.15, -0.1) is 0 Å². The van der Waals surface area contributed by atoms with Crippen molar-refractivity contribution >= 4 is 22.8 Å². The standard InChI is InChI=1S/C17H22N2O3/c1-3-11(2)16(17(21)22)19-15(20)9-8-12-10-18-14-7-5-4-6-13(12)14/h4-7,10-11,16,18H,3,8-9H2,1-2H3,(H,19,20)(H,21,22)/p-1/t11-,16+/m0/s1. The van der Waals surface area contributed by atoms with Crippen molar-refractivity contribution < 1.29 is 14.7 Å². The van der Waals surface area contributed by atoms with Gasteiger partial charge in [0.25, 0.3) is 0 Å². The maximum atomic E-state index is 12.0. The fourth-order valence-electron chi connectivity index (χ4n) is 2.50. The van der Waals surface area contributed by atoms with E-state index in [-0.39, 0.29) is 18.2 Å². The van der Waals surface area contributed by atoms with Crippen molar-refractivity contribution in [3.05, 3.63) is 36.0 Å². The van der Waals surface area contributed by atoms with E-state index in [0.717, 1.165) is 16.5 Å². The van der Waals surface area contributed by atoms with Crippen LogP contribution in [0.15, 0.2) is 30.5 Å². The predicted molar refractivity (Wildman–Crippen MR) is 83.0 cm³/mol. The number of hydrogen-bond acceptors (Lipinski definition) is 3. The minimum Gasteiger partial charge on any atom is -0.548 e. The highest BCUT2D eigenvalue weighted by atomic mass is 16.4. The van der Waals surface area contributed by atoms with Gasteiger partial charge in [0.1, 0.15) is 0 Å². The number of carboxylic acids is 1. The highest BCUT2D eigenvalue weighted by Gasteiger charge is 2.19. The van der Waals surface area contributed by atoms with Crippen molar-refractivity contribution in [3.63, 3.8) is 0 Å². The molecule has 5 heteroatoms. The second-order valence-electron chi connectivity index (χ2n) is 5.61. The highest BCUT2D eigenvalue weighted by molar-refractivity contribution is 5.85. The number of para-hydroxylation sites is 1. The molecule has 1 heterocycles. The molecule has 1 aromatic carbocycles. The third kappa shape index (κ3) is 3.67. The molecule has 0 spiro atoms. The summed E-state index contributed by atoms with van der Waals surface area (Å²) in [4.78, 5) is 26.3. The molecule has 0 aliphatic rings. The molecule has 1 amide bonds. The molecule has 2 rings (SSSR count). The van der Waals surface area contributed by atoms with Gasteiger partial charge in [0.05, 0.1) is 12.0 Å². The van der Waals surface area contributed by atoms with Gasteiger partial charge in [-0.3, -0.25) is 4.79 Å². The van der Waals surface area contributed by atoms with Crippen LogP contribution in [0, 0.1) is 5.92 Å². The molecule has 2 aromatic rings. The normalized spacial score (nSPS) is 13.7. The molecule has 0 saturated heterocycles. The molecule has 118 valence electrons. The van der Waals surface area contributed by atoms with E-state index in [1.807, 2.05) is 37.4 Å². The van der Waals surface area contributed by atoms with Gasteiger partial charge in [0.2, 0.25) is 5.91 Å². The van der Waals surface area contributed by atoms with E-state index in [9.17, 15) is 14.7 Å². The average Bonchev–Trinajstić information content (AvgIpc) is 2.93. The maximum absolute atomic E-state index is 12.0. The number of aromatic nitrogens is 1. The summed E-state index contributed by atoms with van der Waals surface area (Å²) >= 11 is 0. The van der Waals surface area contributed by atoms with E-state index >= 15 is 0 Å². The smallest absolute Gasteiger partial charge is 0.220 e. The number of aromatic amines is 1. The Morgan fingerprint density at radius 2 is 2.05 bits per heavy atom. The Labute approximate surface area is 129 Å². The molecule has 0 aliphatic heterocycles. The zero-order valence-electron chi connectivity index (χ0n) is 12.9. The lowest BCUT2D eigenvalue weighted by Crippen LogP contribution is -2.51. The number of carbonyl (C=O) groups excluding carboxylic acids is 2. The Kier molecular flexibility index (Phi) is 5.20. The molecule has 5 nitrogen and oxygen atoms in total. The molecule has 0 unspecified atom stereocenters. The molecule has 0 saturated carbocycles. The maximum Gasteiger partial charge on any atom is 0.220 e. The largest absolute Gasteiger partial charge is 0.548 e. The second-order valence-corrected chi connectivity index (χ2v) is 5.61. The summed E-state index contributed by atoms with van der Waals surface area (Å²) in [6, 6.07) is 6.96. The lowest BCUT2D eigenvalue weighted by molar-refractivity contribution is -0.309. The van der Waals surface area contributed by atoms with Crippen LogP contribution in [-0.4, -0.2) is 22.9 Å². The van der Waals surface area contributed by atoms with Crippen LogP contribution in [0.1, 0.15) is 32.3 Å². The molecule has 1 aromatic heterocycles. The van der Waals surface area contributed by atoms with Crippen LogP contribution >= 0.6 is 0 Å². The second kappa shape index (κ2) is 7.11. The van der Waals surface area contributed by atoms with E-state index in [4.69, 9.17) is 0 Å². The number of fused-ring (bicyclic) bond motifs is 1. The molecule has 2 atom stereocenters. The summed E-state index contributed by atoms with van der Waals surface area (Å²) in [5, 5.41) is 14.8. The monoisotopic (exact) mass is 301 g/mol. The zero-order valence-corrected chi connectivity index (χ0v) is 12.9. The van der Waals surface area contributed by atoms with Gasteiger partial charge in [-0.2, -0.15) is 0 Å². The van der Waals surface area contributed by atoms with Crippen molar-refractivity contribution in [2.45, 2.75) is 39.2 Å². The number of carboxylic acid groups (broad SMARTS) is 1. The molecule has 0 radical (unpaired) electrons. The van der Waals surface area contributed by atoms with Crippen molar-refractivity contribution in [2.75, 3.05) is 0 Å². The number of amides is 1. The van der Waals surface area contributed by atoms with E-state index in [2.05, 4.69) is 10.3 Å². The predicted octanol–water partition coefficient (Wildman–Crippen LogP) is 1.38. The number of benzene rings is 1. The van der Waals surface area contributed by atoms with Gasteiger partial charge in [-0.25, -0.2) is 0 Å². The van der Waals surface area contributed by atoms with Crippen LogP contribution < -0.4 is 10.4 Å². The number of H-pyrrole nitrogens is 1. The molecule has 22 heavy (non-hydrogen) atoms. The Morgan fingerprint density at radius 1 is 1.32 bits per heavy atom. The molecule has 2 N–H and O–H groups in total. The van der Waals surface area contributed by atoms with Crippen LogP contribution in [0.4, 0.5) is 0 Å². The van der Waals surface area contributed by atoms with E-state index in [1.165, 1.54) is 0 Å². The zero-order chi connectivity index (χ0) is 16.1. The van der Waals surface area contributed by atoms with Gasteiger partial charge in [0.15, 0.2) is 0 Å². The molecular formula is C17H21N2O3-. The molecule has 0 bridgehead atoms. The Morgan fingerprint density at radius 3 is 2.73 bits per heavy atom. The third-order valence-electron chi connectivity index (χ3n) is 4.08. The number of rotatable bonds is 7. The first-order chi connectivity index (χ1) is 10.5. The Balaban J connectivity index is 1.96. The minimum absolute atomic E-state index is 0.151. The van der Waals surface area contributed by atoms with E-state index in [0.29, 0.717) is 12.8 Å². The van der Waals surface area contributed by atoms with Crippen LogP contribution in [0.5, 0.6) is 0 Å². The summed E-state index contributed by atoms with van der Waals surface area (Å²) < 4.78 is 0. The average molecular weight is 301 g/mol. The lowest BCUT2D eigenvalue weighted by atomic mass is 9.99. The van der Waals surface area contributed by atoms with Crippen molar-refractivity contribution in [1.29, 1.82) is 0 Å². The first-order valence-corrected chi connectivity index (χ1v) is 7.58. The van der Waals surface area contributed by atoms with Crippen LogP contribution in [0.3, 0.4) is 0 Å². The van der Waals surface area contributed by atoms with Gasteiger partial charge in [-0.1, -0.05) is 38.5 Å². The van der Waals surface area contributed by atoms with Crippen molar-refractivity contribution in [2.24, 2.45) is 5.92 Å². The van der Waals surface area contributed by atoms with Crippen LogP contribution in [0.2, 0.25) is 0 Å². The summed E-state index contributed by atoms with van der Waals surface area (Å²) in [6.07, 6.45) is 3.38. The first kappa shape index (κ1) is 16.1.